The van der Waals surface area contributed by atoms with Gasteiger partial charge in [0.1, 0.15) is 5.82 Å². The van der Waals surface area contributed by atoms with Crippen molar-refractivity contribution in [2.24, 2.45) is 4.99 Å². The van der Waals surface area contributed by atoms with Crippen LogP contribution in [0.5, 0.6) is 0 Å². The average Bonchev–Trinajstić information content (AvgIpc) is 3.01. The largest absolute Gasteiger partial charge is 0.359 e. The zero-order valence-corrected chi connectivity index (χ0v) is 12.0. The average molecular weight is 278 g/mol. The maximum atomic E-state index is 13.7. The smallest absolute Gasteiger partial charge is 0.157 e. The molecule has 1 N–H and O–H groups in total. The number of benzene rings is 1. The van der Waals surface area contributed by atoms with Gasteiger partial charge in [0.25, 0.3) is 0 Å². The fourth-order valence-electron chi connectivity index (χ4n) is 2.96. The third-order valence-electron chi connectivity index (χ3n) is 4.08. The van der Waals surface area contributed by atoms with Crippen molar-refractivity contribution in [2.75, 3.05) is 5.75 Å². The van der Waals surface area contributed by atoms with Crippen molar-refractivity contribution in [2.45, 2.75) is 44.2 Å². The van der Waals surface area contributed by atoms with Crippen LogP contribution >= 0.6 is 11.8 Å². The van der Waals surface area contributed by atoms with E-state index in [1.54, 1.807) is 17.8 Å². The highest BCUT2D eigenvalue weighted by atomic mass is 32.2. The number of halogens is 1. The first kappa shape index (κ1) is 13.0. The van der Waals surface area contributed by atoms with Crippen molar-refractivity contribution >= 4 is 16.9 Å². The van der Waals surface area contributed by atoms with E-state index in [4.69, 9.17) is 0 Å². The summed E-state index contributed by atoms with van der Waals surface area (Å²) in [7, 11) is 0. The van der Waals surface area contributed by atoms with Crippen LogP contribution in [0, 0.1) is 5.82 Å². The first-order chi connectivity index (χ1) is 9.19. The predicted octanol–water partition coefficient (Wildman–Crippen LogP) is 3.89. The topological polar surface area (TPSA) is 24.4 Å². The molecule has 1 saturated carbocycles. The molecule has 1 saturated heterocycles. The van der Waals surface area contributed by atoms with E-state index in [-0.39, 0.29) is 17.4 Å². The van der Waals surface area contributed by atoms with Gasteiger partial charge in [0.2, 0.25) is 0 Å². The first-order valence-electron chi connectivity index (χ1n) is 6.92. The zero-order chi connectivity index (χ0) is 13.3. The van der Waals surface area contributed by atoms with Gasteiger partial charge >= 0.3 is 0 Å². The molecule has 0 radical (unpaired) electrons. The first-order valence-corrected chi connectivity index (χ1v) is 7.90. The van der Waals surface area contributed by atoms with Crippen molar-refractivity contribution < 1.29 is 4.39 Å². The summed E-state index contributed by atoms with van der Waals surface area (Å²) in [6, 6.07) is 6.76. The second kappa shape index (κ2) is 5.16. The minimum absolute atomic E-state index is 0.132. The van der Waals surface area contributed by atoms with Gasteiger partial charge in [-0.2, -0.15) is 0 Å². The maximum Gasteiger partial charge on any atom is 0.157 e. The van der Waals surface area contributed by atoms with Crippen molar-refractivity contribution in [1.82, 2.24) is 5.32 Å². The standard InChI is InChI=1S/C15H19FN2S/c1-11(12-6-2-3-7-13(12)16)17-14-18-15(10-19-14)8-4-5-9-15/h2-3,6-7,11H,4-5,8-10H2,1H3,(H,17,18). The van der Waals surface area contributed by atoms with Gasteiger partial charge in [0.15, 0.2) is 5.17 Å². The molecular formula is C15H19FN2S. The Bertz CT molecular complexity index is 495. The van der Waals surface area contributed by atoms with Crippen LogP contribution in [0.2, 0.25) is 0 Å². The molecule has 2 nitrogen and oxygen atoms in total. The highest BCUT2D eigenvalue weighted by molar-refractivity contribution is 8.14. The lowest BCUT2D eigenvalue weighted by Crippen LogP contribution is -2.40. The lowest BCUT2D eigenvalue weighted by molar-refractivity contribution is 0.452. The number of thioether (sulfide) groups is 1. The molecule has 1 aromatic carbocycles. The Morgan fingerprint density at radius 3 is 2.79 bits per heavy atom. The van der Waals surface area contributed by atoms with Gasteiger partial charge in [0.05, 0.1) is 6.04 Å². The summed E-state index contributed by atoms with van der Waals surface area (Å²) in [5.41, 5.74) is 0.947. The quantitative estimate of drug-likeness (QED) is 0.887. The predicted molar refractivity (Wildman–Crippen MR) is 79.0 cm³/mol. The van der Waals surface area contributed by atoms with E-state index in [2.05, 4.69) is 10.3 Å². The van der Waals surface area contributed by atoms with Gasteiger partial charge in [0, 0.05) is 16.9 Å². The number of rotatable bonds is 2. The van der Waals surface area contributed by atoms with Crippen LogP contribution in [0.1, 0.15) is 44.2 Å². The Morgan fingerprint density at radius 2 is 2.05 bits per heavy atom. The molecule has 19 heavy (non-hydrogen) atoms. The normalized spacial score (nSPS) is 24.8. The summed E-state index contributed by atoms with van der Waals surface area (Å²) in [5.74, 6) is 0.938. The van der Waals surface area contributed by atoms with Crippen LogP contribution in [0.4, 0.5) is 4.39 Å². The Hall–Kier alpha value is -1.03. The summed E-state index contributed by atoms with van der Waals surface area (Å²) < 4.78 is 13.7. The third-order valence-corrected chi connectivity index (χ3v) is 5.26. The van der Waals surface area contributed by atoms with Crippen LogP contribution in [0.15, 0.2) is 29.3 Å². The highest BCUT2D eigenvalue weighted by Crippen LogP contribution is 2.38. The molecule has 1 aromatic rings. The molecule has 1 aliphatic heterocycles. The van der Waals surface area contributed by atoms with Gasteiger partial charge in [-0.1, -0.05) is 42.8 Å². The molecule has 4 heteroatoms. The van der Waals surface area contributed by atoms with E-state index in [1.165, 1.54) is 31.7 Å². The zero-order valence-electron chi connectivity index (χ0n) is 11.2. The number of nitrogens with zero attached hydrogens (tertiary/aromatic N) is 1. The van der Waals surface area contributed by atoms with E-state index in [0.29, 0.717) is 5.56 Å². The molecule has 1 atom stereocenters. The van der Waals surface area contributed by atoms with Crippen LogP contribution in [0.3, 0.4) is 0 Å². The van der Waals surface area contributed by atoms with E-state index in [1.807, 2.05) is 19.1 Å². The lowest BCUT2D eigenvalue weighted by atomic mass is 10.0. The molecule has 102 valence electrons. The molecule has 1 aliphatic carbocycles. The summed E-state index contributed by atoms with van der Waals surface area (Å²) in [5, 5.41) is 4.56. The molecule has 0 aromatic heterocycles. The minimum Gasteiger partial charge on any atom is -0.359 e. The van der Waals surface area contributed by atoms with Crippen LogP contribution in [0.25, 0.3) is 0 Å². The second-order valence-corrected chi connectivity index (χ2v) is 6.50. The Balaban J connectivity index is 1.74. The Kier molecular flexibility index (Phi) is 3.52. The molecule has 0 amide bonds. The van der Waals surface area contributed by atoms with E-state index >= 15 is 0 Å². The lowest BCUT2D eigenvalue weighted by Gasteiger charge is -2.22. The van der Waals surface area contributed by atoms with E-state index < -0.39 is 0 Å². The van der Waals surface area contributed by atoms with Crippen molar-refractivity contribution in [3.05, 3.63) is 35.6 Å². The van der Waals surface area contributed by atoms with Crippen molar-refractivity contribution in [1.29, 1.82) is 0 Å². The molecule has 1 spiro atoms. The molecule has 1 unspecified atom stereocenters. The fraction of sp³-hybridized carbons (Fsp3) is 0.533. The Morgan fingerprint density at radius 1 is 1.32 bits per heavy atom. The van der Waals surface area contributed by atoms with Gasteiger partial charge in [-0.3, -0.25) is 4.99 Å². The number of hydrogen-bond donors (Lipinski definition) is 1. The van der Waals surface area contributed by atoms with Crippen molar-refractivity contribution in [3.63, 3.8) is 0 Å². The highest BCUT2D eigenvalue weighted by Gasteiger charge is 2.39. The van der Waals surface area contributed by atoms with Crippen LogP contribution in [-0.4, -0.2) is 16.5 Å². The van der Waals surface area contributed by atoms with Gasteiger partial charge in [-0.15, -0.1) is 0 Å². The Labute approximate surface area is 117 Å². The van der Waals surface area contributed by atoms with Crippen LogP contribution in [-0.2, 0) is 0 Å². The maximum absolute atomic E-state index is 13.7. The summed E-state index contributed by atoms with van der Waals surface area (Å²) in [6.07, 6.45) is 5.10. The summed E-state index contributed by atoms with van der Waals surface area (Å²) in [4.78, 5) is 4.65. The van der Waals surface area contributed by atoms with Gasteiger partial charge < -0.3 is 5.32 Å². The van der Waals surface area contributed by atoms with Gasteiger partial charge in [-0.05, 0) is 25.8 Å². The minimum atomic E-state index is -0.169. The van der Waals surface area contributed by atoms with E-state index in [9.17, 15) is 4.39 Å². The molecule has 2 aliphatic rings. The number of hydrogen-bond acceptors (Lipinski definition) is 2. The number of amidine groups is 1. The van der Waals surface area contributed by atoms with Gasteiger partial charge in [-0.25, -0.2) is 4.39 Å². The summed E-state index contributed by atoms with van der Waals surface area (Å²) >= 11 is 1.78. The molecular weight excluding hydrogens is 259 g/mol. The number of nitrogens with one attached hydrogen (secondary N) is 1. The number of aliphatic imine (C=N–C) groups is 1. The third kappa shape index (κ3) is 2.64. The second-order valence-electron chi connectivity index (χ2n) is 5.53. The van der Waals surface area contributed by atoms with Crippen LogP contribution < -0.4 is 5.32 Å². The van der Waals surface area contributed by atoms with Crippen molar-refractivity contribution in [3.8, 4) is 0 Å². The molecule has 3 rings (SSSR count). The molecule has 2 fully saturated rings. The van der Waals surface area contributed by atoms with E-state index in [0.717, 1.165) is 10.9 Å². The SMILES string of the molecule is CC(N=C1NC2(CCCC2)CS1)c1ccccc1F. The summed E-state index contributed by atoms with van der Waals surface area (Å²) in [6.45, 7) is 1.95. The monoisotopic (exact) mass is 278 g/mol. The fourth-order valence-corrected chi connectivity index (χ4v) is 4.25. The molecule has 0 bridgehead atoms. The molecule has 1 heterocycles.